The smallest absolute Gasteiger partial charge is 0.126 e. The molecule has 0 unspecified atom stereocenters. The van der Waals surface area contributed by atoms with Crippen LogP contribution in [0.5, 0.6) is 5.75 Å². The van der Waals surface area contributed by atoms with Gasteiger partial charge in [0, 0.05) is 13.1 Å². The summed E-state index contributed by atoms with van der Waals surface area (Å²) in [4.78, 5) is 0. The SMILES string of the molecule is COc1ccc(CNCc2ccc(F)c(C)c2)cc1. The van der Waals surface area contributed by atoms with Crippen LogP contribution in [-0.2, 0) is 13.1 Å². The van der Waals surface area contributed by atoms with Crippen LogP contribution in [0.3, 0.4) is 0 Å². The van der Waals surface area contributed by atoms with Crippen molar-refractivity contribution in [3.63, 3.8) is 0 Å². The summed E-state index contributed by atoms with van der Waals surface area (Å²) in [5.74, 6) is 0.705. The molecule has 0 bridgehead atoms. The van der Waals surface area contributed by atoms with Gasteiger partial charge in [-0.1, -0.05) is 24.3 Å². The molecule has 0 aliphatic heterocycles. The van der Waals surface area contributed by atoms with E-state index in [0.29, 0.717) is 5.56 Å². The molecule has 0 saturated heterocycles. The molecular formula is C16H18FNO. The van der Waals surface area contributed by atoms with E-state index in [-0.39, 0.29) is 5.82 Å². The Balaban J connectivity index is 1.86. The van der Waals surface area contributed by atoms with E-state index in [1.807, 2.05) is 36.4 Å². The largest absolute Gasteiger partial charge is 0.497 e. The highest BCUT2D eigenvalue weighted by Crippen LogP contribution is 2.12. The Kier molecular flexibility index (Phi) is 4.53. The Hall–Kier alpha value is -1.87. The summed E-state index contributed by atoms with van der Waals surface area (Å²) < 4.78 is 18.2. The molecule has 0 aliphatic rings. The van der Waals surface area contributed by atoms with Crippen molar-refractivity contribution in [3.05, 3.63) is 65.0 Å². The molecule has 0 radical (unpaired) electrons. The van der Waals surface area contributed by atoms with Crippen LogP contribution in [-0.4, -0.2) is 7.11 Å². The lowest BCUT2D eigenvalue weighted by Crippen LogP contribution is -2.12. The van der Waals surface area contributed by atoms with Crippen molar-refractivity contribution in [2.24, 2.45) is 0 Å². The first kappa shape index (κ1) is 13.6. The first-order valence-electron chi connectivity index (χ1n) is 6.27. The minimum absolute atomic E-state index is 0.154. The predicted molar refractivity (Wildman–Crippen MR) is 74.7 cm³/mol. The summed E-state index contributed by atoms with van der Waals surface area (Å²) in [6, 6.07) is 13.1. The minimum Gasteiger partial charge on any atom is -0.497 e. The molecule has 0 heterocycles. The summed E-state index contributed by atoms with van der Waals surface area (Å²) >= 11 is 0. The molecule has 0 spiro atoms. The normalized spacial score (nSPS) is 10.5. The van der Waals surface area contributed by atoms with Crippen LogP contribution in [0.4, 0.5) is 4.39 Å². The Morgan fingerprint density at radius 3 is 2.26 bits per heavy atom. The van der Waals surface area contributed by atoms with Gasteiger partial charge >= 0.3 is 0 Å². The molecule has 0 atom stereocenters. The monoisotopic (exact) mass is 259 g/mol. The topological polar surface area (TPSA) is 21.3 Å². The Labute approximate surface area is 113 Å². The summed E-state index contributed by atoms with van der Waals surface area (Å²) in [6.45, 7) is 3.29. The molecule has 0 saturated carbocycles. The second-order valence-electron chi connectivity index (χ2n) is 4.54. The number of rotatable bonds is 5. The van der Waals surface area contributed by atoms with Crippen molar-refractivity contribution in [1.29, 1.82) is 0 Å². The zero-order chi connectivity index (χ0) is 13.7. The zero-order valence-electron chi connectivity index (χ0n) is 11.2. The Morgan fingerprint density at radius 1 is 1.00 bits per heavy atom. The highest BCUT2D eigenvalue weighted by atomic mass is 19.1. The van der Waals surface area contributed by atoms with Gasteiger partial charge in [-0.3, -0.25) is 0 Å². The van der Waals surface area contributed by atoms with E-state index in [2.05, 4.69) is 5.32 Å². The van der Waals surface area contributed by atoms with Gasteiger partial charge in [0.2, 0.25) is 0 Å². The summed E-state index contributed by atoms with van der Waals surface area (Å²) in [7, 11) is 1.66. The van der Waals surface area contributed by atoms with E-state index in [1.165, 1.54) is 11.6 Å². The van der Waals surface area contributed by atoms with Gasteiger partial charge in [-0.15, -0.1) is 0 Å². The van der Waals surface area contributed by atoms with Gasteiger partial charge in [-0.25, -0.2) is 4.39 Å². The number of hydrogen-bond acceptors (Lipinski definition) is 2. The number of halogens is 1. The molecule has 1 N–H and O–H groups in total. The second kappa shape index (κ2) is 6.34. The molecule has 2 rings (SSSR count). The first-order chi connectivity index (χ1) is 9.19. The van der Waals surface area contributed by atoms with E-state index in [9.17, 15) is 4.39 Å². The first-order valence-corrected chi connectivity index (χ1v) is 6.27. The van der Waals surface area contributed by atoms with E-state index < -0.39 is 0 Å². The molecule has 19 heavy (non-hydrogen) atoms. The maximum Gasteiger partial charge on any atom is 0.126 e. The lowest BCUT2D eigenvalue weighted by atomic mass is 10.1. The fraction of sp³-hybridized carbons (Fsp3) is 0.250. The van der Waals surface area contributed by atoms with Crippen molar-refractivity contribution in [3.8, 4) is 5.75 Å². The number of aryl methyl sites for hydroxylation is 1. The molecule has 3 heteroatoms. The maximum absolute atomic E-state index is 13.1. The van der Waals surface area contributed by atoms with Gasteiger partial charge in [-0.05, 0) is 41.8 Å². The van der Waals surface area contributed by atoms with Gasteiger partial charge in [0.15, 0.2) is 0 Å². The molecule has 0 fully saturated rings. The van der Waals surface area contributed by atoms with Gasteiger partial charge in [0.1, 0.15) is 11.6 Å². The summed E-state index contributed by atoms with van der Waals surface area (Å²) in [6.07, 6.45) is 0. The molecule has 2 nitrogen and oxygen atoms in total. The van der Waals surface area contributed by atoms with Gasteiger partial charge < -0.3 is 10.1 Å². The molecular weight excluding hydrogens is 241 g/mol. The van der Waals surface area contributed by atoms with Crippen molar-refractivity contribution in [2.75, 3.05) is 7.11 Å². The minimum atomic E-state index is -0.154. The van der Waals surface area contributed by atoms with Crippen molar-refractivity contribution >= 4 is 0 Å². The summed E-state index contributed by atoms with van der Waals surface area (Å²) in [5, 5.41) is 3.34. The van der Waals surface area contributed by atoms with Crippen molar-refractivity contribution in [1.82, 2.24) is 5.32 Å². The molecule has 0 amide bonds. The third kappa shape index (κ3) is 3.80. The van der Waals surface area contributed by atoms with Crippen LogP contribution in [0.2, 0.25) is 0 Å². The quantitative estimate of drug-likeness (QED) is 0.888. The third-order valence-electron chi connectivity index (χ3n) is 3.04. The standard InChI is InChI=1S/C16H18FNO/c1-12-9-14(5-8-16(12)17)11-18-10-13-3-6-15(19-2)7-4-13/h3-9,18H,10-11H2,1-2H3. The number of nitrogens with one attached hydrogen (secondary N) is 1. The molecule has 2 aromatic carbocycles. The summed E-state index contributed by atoms with van der Waals surface area (Å²) in [5.41, 5.74) is 2.97. The van der Waals surface area contributed by atoms with E-state index in [0.717, 1.165) is 24.4 Å². The number of hydrogen-bond donors (Lipinski definition) is 1. The van der Waals surface area contributed by atoms with Gasteiger partial charge in [0.05, 0.1) is 7.11 Å². The Morgan fingerprint density at radius 2 is 1.63 bits per heavy atom. The highest BCUT2D eigenvalue weighted by molar-refractivity contribution is 5.27. The second-order valence-corrected chi connectivity index (χ2v) is 4.54. The van der Waals surface area contributed by atoms with E-state index in [4.69, 9.17) is 4.74 Å². The van der Waals surface area contributed by atoms with E-state index >= 15 is 0 Å². The number of benzene rings is 2. The van der Waals surface area contributed by atoms with Crippen molar-refractivity contribution < 1.29 is 9.13 Å². The lowest BCUT2D eigenvalue weighted by Gasteiger charge is -2.07. The lowest BCUT2D eigenvalue weighted by molar-refractivity contribution is 0.414. The van der Waals surface area contributed by atoms with Crippen LogP contribution >= 0.6 is 0 Å². The average Bonchev–Trinajstić information content (AvgIpc) is 2.43. The van der Waals surface area contributed by atoms with Crippen molar-refractivity contribution in [2.45, 2.75) is 20.0 Å². The van der Waals surface area contributed by atoms with Crippen LogP contribution in [0.1, 0.15) is 16.7 Å². The molecule has 2 aromatic rings. The van der Waals surface area contributed by atoms with Gasteiger partial charge in [0.25, 0.3) is 0 Å². The van der Waals surface area contributed by atoms with E-state index in [1.54, 1.807) is 14.0 Å². The fourth-order valence-electron chi connectivity index (χ4n) is 1.91. The van der Waals surface area contributed by atoms with Crippen LogP contribution < -0.4 is 10.1 Å². The number of ether oxygens (including phenoxy) is 1. The maximum atomic E-state index is 13.1. The molecule has 100 valence electrons. The zero-order valence-corrected chi connectivity index (χ0v) is 11.2. The van der Waals surface area contributed by atoms with Crippen LogP contribution in [0.25, 0.3) is 0 Å². The molecule has 0 aliphatic carbocycles. The molecule has 0 aromatic heterocycles. The van der Waals surface area contributed by atoms with Crippen LogP contribution in [0.15, 0.2) is 42.5 Å². The van der Waals surface area contributed by atoms with Crippen LogP contribution in [0, 0.1) is 12.7 Å². The number of methoxy groups -OCH3 is 1. The average molecular weight is 259 g/mol. The Bertz CT molecular complexity index is 537. The highest BCUT2D eigenvalue weighted by Gasteiger charge is 1.99. The fourth-order valence-corrected chi connectivity index (χ4v) is 1.91. The van der Waals surface area contributed by atoms with Gasteiger partial charge in [-0.2, -0.15) is 0 Å². The third-order valence-corrected chi connectivity index (χ3v) is 3.04. The predicted octanol–water partition coefficient (Wildman–Crippen LogP) is 3.43.